The highest BCUT2D eigenvalue weighted by Gasteiger charge is 2.77. The van der Waals surface area contributed by atoms with Crippen LogP contribution < -0.4 is 10.1 Å². The molecular weight excluding hydrogens is 1000 g/mol. The van der Waals surface area contributed by atoms with Crippen LogP contribution in [-0.4, -0.2) is 141 Å². The molecule has 1 unspecified atom stereocenters. The highest BCUT2D eigenvalue weighted by molar-refractivity contribution is 6.77. The molecule has 3 aliphatic heterocycles. The van der Waals surface area contributed by atoms with Crippen molar-refractivity contribution in [3.63, 3.8) is 0 Å². The number of amides is 1. The van der Waals surface area contributed by atoms with E-state index < -0.39 is 109 Å². The van der Waals surface area contributed by atoms with Gasteiger partial charge >= 0.3 is 24.0 Å². The van der Waals surface area contributed by atoms with Crippen LogP contribution in [-0.2, 0) is 47.2 Å². The number of hydrogen-bond acceptors (Lipinski definition) is 16. The Morgan fingerprint density at radius 2 is 1.52 bits per heavy atom. The number of nitrogens with zero attached hydrogens (tertiary/aromatic N) is 2. The van der Waals surface area contributed by atoms with Crippen LogP contribution in [0.3, 0.4) is 0 Å². The third-order valence-electron chi connectivity index (χ3n) is 18.1. The van der Waals surface area contributed by atoms with E-state index in [2.05, 4.69) is 63.7 Å². The topological polar surface area (TPSA) is 200 Å². The number of aliphatic hydroxyl groups is 1. The van der Waals surface area contributed by atoms with Gasteiger partial charge < -0.3 is 52.7 Å². The molecule has 3 aliphatic carbocycles. The number of fused-ring (bicyclic) bond motifs is 8. The standard InChI is InChI=1S/C59H79N3O14Si/c1-35(2)77(36(3)4,37(5)6)76-49(47(42-24-18-19-27-60-42)61-55(66)70-41-22-16-13-17-23-41)54(65)71-43-32-59(67)52(74-53(64)40-20-14-12-15-21-40)50-57(11,26-25-44-58(50,34-69-44)75-39(8)63)51-48(46(38(43)7)56(59,9)10)72-45(73-51)33-62-28-30-68-31-29-62/h12-24,27,35-37,43-45,47-52,67H,25-26,28-34H2,1-11H3,(H,61,66)/t43-,44+,45+,47+,48+,49+,50?,51+,52-,57+,58-,59+/m0/s1. The third kappa shape index (κ3) is 10.3. The summed E-state index contributed by atoms with van der Waals surface area (Å²) in [5, 5.41) is 17.4. The highest BCUT2D eigenvalue weighted by atomic mass is 28.4. The van der Waals surface area contributed by atoms with Gasteiger partial charge in [-0.05, 0) is 83.9 Å². The first-order valence-corrected chi connectivity index (χ1v) is 29.7. The Hall–Kier alpha value is -5.05. The predicted octanol–water partition coefficient (Wildman–Crippen LogP) is 8.66. The minimum absolute atomic E-state index is 0.0133. The van der Waals surface area contributed by atoms with E-state index in [9.17, 15) is 19.5 Å². The number of ether oxygens (including phenoxy) is 8. The first-order chi connectivity index (χ1) is 36.6. The summed E-state index contributed by atoms with van der Waals surface area (Å²) in [6.45, 7) is 24.6. The van der Waals surface area contributed by atoms with Gasteiger partial charge in [-0.1, -0.05) is 105 Å². The van der Waals surface area contributed by atoms with Crippen molar-refractivity contribution in [2.24, 2.45) is 16.7 Å². The fourth-order valence-corrected chi connectivity index (χ4v) is 20.0. The number of nitrogens with one attached hydrogen (secondary N) is 1. The van der Waals surface area contributed by atoms with Gasteiger partial charge in [-0.15, -0.1) is 0 Å². The molecule has 2 aromatic carbocycles. The molecule has 5 fully saturated rings. The summed E-state index contributed by atoms with van der Waals surface area (Å²) in [6.07, 6.45) is -5.65. The van der Waals surface area contributed by atoms with Crippen molar-refractivity contribution in [2.45, 2.75) is 172 Å². The van der Waals surface area contributed by atoms with Gasteiger partial charge in [0.15, 0.2) is 18.0 Å². The van der Waals surface area contributed by atoms with E-state index in [0.29, 0.717) is 62.5 Å². The van der Waals surface area contributed by atoms with Crippen LogP contribution in [0.15, 0.2) is 96.2 Å². The van der Waals surface area contributed by atoms with E-state index in [4.69, 9.17) is 42.3 Å². The largest absolute Gasteiger partial charge is 0.456 e. The molecule has 4 heterocycles. The fourth-order valence-electron chi connectivity index (χ4n) is 14.5. The lowest BCUT2D eigenvalue weighted by atomic mass is 9.45. The lowest BCUT2D eigenvalue weighted by molar-refractivity contribution is -0.345. The summed E-state index contributed by atoms with van der Waals surface area (Å²) < 4.78 is 60.0. The minimum Gasteiger partial charge on any atom is -0.456 e. The zero-order chi connectivity index (χ0) is 55.2. The second-order valence-electron chi connectivity index (χ2n) is 23.7. The molecule has 18 heteroatoms. The van der Waals surface area contributed by atoms with Crippen LogP contribution in [0.1, 0.15) is 118 Å². The van der Waals surface area contributed by atoms with Gasteiger partial charge in [0.1, 0.15) is 41.8 Å². The Labute approximate surface area is 454 Å². The van der Waals surface area contributed by atoms with Crippen molar-refractivity contribution in [3.8, 4) is 5.75 Å². The number of para-hydroxylation sites is 1. The molecule has 77 heavy (non-hydrogen) atoms. The molecule has 0 spiro atoms. The van der Waals surface area contributed by atoms with Crippen molar-refractivity contribution in [1.29, 1.82) is 0 Å². The summed E-state index contributed by atoms with van der Waals surface area (Å²) in [5.74, 6) is -2.74. The molecule has 12 atom stereocenters. The molecule has 17 nitrogen and oxygen atoms in total. The molecule has 2 N–H and O–H groups in total. The molecule has 9 rings (SSSR count). The average Bonchev–Trinajstić information content (AvgIpc) is 4.00. The number of benzene rings is 2. The molecule has 2 bridgehead atoms. The maximum atomic E-state index is 16.0. The van der Waals surface area contributed by atoms with E-state index in [1.807, 2.05) is 26.8 Å². The van der Waals surface area contributed by atoms with Gasteiger partial charge in [-0.25, -0.2) is 14.4 Å². The number of morpholine rings is 1. The molecular formula is C59H79N3O14Si. The second-order valence-corrected chi connectivity index (χ2v) is 29.1. The summed E-state index contributed by atoms with van der Waals surface area (Å²) in [5.41, 5.74) is -3.97. The third-order valence-corrected chi connectivity index (χ3v) is 24.2. The molecule has 3 aromatic rings. The van der Waals surface area contributed by atoms with Gasteiger partial charge in [-0.2, -0.15) is 0 Å². The van der Waals surface area contributed by atoms with E-state index in [-0.39, 0.29) is 41.0 Å². The van der Waals surface area contributed by atoms with Gasteiger partial charge in [0, 0.05) is 50.0 Å². The number of aromatic nitrogens is 1. The molecule has 1 amide bonds. The Bertz CT molecular complexity index is 2610. The number of rotatable bonds is 16. The minimum atomic E-state index is -3.04. The number of carbonyl (C=O) groups excluding carboxylic acids is 4. The van der Waals surface area contributed by atoms with Gasteiger partial charge in [0.2, 0.25) is 8.32 Å². The van der Waals surface area contributed by atoms with Crippen LogP contribution in [0.4, 0.5) is 4.79 Å². The van der Waals surface area contributed by atoms with Crippen molar-refractivity contribution in [3.05, 3.63) is 107 Å². The first-order valence-electron chi connectivity index (χ1n) is 27.5. The Balaban J connectivity index is 1.22. The monoisotopic (exact) mass is 1080 g/mol. The van der Waals surface area contributed by atoms with E-state index in [1.165, 1.54) is 6.92 Å². The first kappa shape index (κ1) is 56.7. The Morgan fingerprint density at radius 1 is 0.870 bits per heavy atom. The summed E-state index contributed by atoms with van der Waals surface area (Å²) in [4.78, 5) is 65.4. The van der Waals surface area contributed by atoms with Crippen LogP contribution in [0, 0.1) is 16.7 Å². The summed E-state index contributed by atoms with van der Waals surface area (Å²) in [6, 6.07) is 21.2. The maximum absolute atomic E-state index is 16.0. The fraction of sp³-hybridized carbons (Fsp3) is 0.610. The van der Waals surface area contributed by atoms with Gasteiger partial charge in [0.25, 0.3) is 0 Å². The van der Waals surface area contributed by atoms with E-state index in [0.717, 1.165) is 0 Å². The lowest BCUT2D eigenvalue weighted by Crippen LogP contribution is -2.79. The van der Waals surface area contributed by atoms with Crippen LogP contribution >= 0.6 is 0 Å². The lowest BCUT2D eigenvalue weighted by Gasteiger charge is -2.68. The normalized spacial score (nSPS) is 31.6. The average molecular weight is 1080 g/mol. The number of hydrogen-bond donors (Lipinski definition) is 2. The van der Waals surface area contributed by atoms with Crippen LogP contribution in [0.2, 0.25) is 16.6 Å². The van der Waals surface area contributed by atoms with Gasteiger partial charge in [0.05, 0.1) is 43.1 Å². The van der Waals surface area contributed by atoms with Crippen LogP contribution in [0.5, 0.6) is 5.75 Å². The van der Waals surface area contributed by atoms with Crippen molar-refractivity contribution in [1.82, 2.24) is 15.2 Å². The zero-order valence-corrected chi connectivity index (χ0v) is 47.5. The highest BCUT2D eigenvalue weighted by Crippen LogP contribution is 2.67. The molecule has 418 valence electrons. The maximum Gasteiger partial charge on any atom is 0.413 e. The Morgan fingerprint density at radius 3 is 2.12 bits per heavy atom. The van der Waals surface area contributed by atoms with E-state index >= 15 is 4.79 Å². The van der Waals surface area contributed by atoms with Crippen molar-refractivity contribution < 1.29 is 66.6 Å². The van der Waals surface area contributed by atoms with E-state index in [1.54, 1.807) is 79.0 Å². The quantitative estimate of drug-likeness (QED) is 0.0597. The second kappa shape index (κ2) is 22.2. The SMILES string of the molecule is CC(=O)O[C@@]12CO[C@@H]1CC[C@]1(C)C2[C@H](OC(=O)c2ccccc2)[C@]2(O)C[C@H](OC(=O)[C@H](O[Si](C(C)C)(C(C)C)C(C)C)[C@H](NC(=O)Oc3ccccc3)c3ccccn3)C(C)=C([C@H]3O[C@@H](CN4CCOCC4)O[C@H]31)C2(C)C. The summed E-state index contributed by atoms with van der Waals surface area (Å²) in [7, 11) is -3.04. The predicted molar refractivity (Wildman–Crippen MR) is 286 cm³/mol. The van der Waals surface area contributed by atoms with Crippen LogP contribution in [0.25, 0.3) is 0 Å². The molecule has 2 saturated carbocycles. The molecule has 3 saturated heterocycles. The number of carbonyl (C=O) groups is 4. The van der Waals surface area contributed by atoms with Crippen molar-refractivity contribution >= 4 is 32.3 Å². The van der Waals surface area contributed by atoms with Gasteiger partial charge in [-0.3, -0.25) is 14.7 Å². The Kier molecular flexibility index (Phi) is 16.4. The molecule has 6 aliphatic rings. The summed E-state index contributed by atoms with van der Waals surface area (Å²) >= 11 is 0. The zero-order valence-electron chi connectivity index (χ0n) is 46.5. The number of pyridine rings is 1. The smallest absolute Gasteiger partial charge is 0.413 e. The molecule has 0 radical (unpaired) electrons. The molecule has 1 aromatic heterocycles. The number of esters is 3. The van der Waals surface area contributed by atoms with Crippen molar-refractivity contribution in [2.75, 3.05) is 39.5 Å².